The van der Waals surface area contributed by atoms with E-state index in [1.807, 2.05) is 31.2 Å². The molecule has 1 nitrogen and oxygen atoms in total. The SMILES string of the molecule is CC1CN(F)c2ccccc21. The van der Waals surface area contributed by atoms with Gasteiger partial charge in [-0.25, -0.2) is 5.12 Å². The van der Waals surface area contributed by atoms with E-state index in [-0.39, 0.29) is 0 Å². The first-order valence-corrected chi connectivity index (χ1v) is 3.81. The summed E-state index contributed by atoms with van der Waals surface area (Å²) in [7, 11) is 0. The van der Waals surface area contributed by atoms with Gasteiger partial charge in [0.05, 0.1) is 12.2 Å². The summed E-state index contributed by atoms with van der Waals surface area (Å²) in [6.07, 6.45) is 0. The van der Waals surface area contributed by atoms with Crippen LogP contribution in [-0.4, -0.2) is 6.54 Å². The van der Waals surface area contributed by atoms with Crippen LogP contribution in [0.1, 0.15) is 18.4 Å². The summed E-state index contributed by atoms with van der Waals surface area (Å²) < 4.78 is 13.0. The molecule has 0 spiro atoms. The van der Waals surface area contributed by atoms with Crippen molar-refractivity contribution in [3.63, 3.8) is 0 Å². The van der Waals surface area contributed by atoms with Crippen molar-refractivity contribution in [2.75, 3.05) is 11.7 Å². The second-order valence-electron chi connectivity index (χ2n) is 3.00. The Kier molecular flexibility index (Phi) is 1.34. The number of hydrogen-bond donors (Lipinski definition) is 0. The van der Waals surface area contributed by atoms with Gasteiger partial charge in [-0.05, 0) is 11.6 Å². The smallest absolute Gasteiger partial charge is 0.0723 e. The molecule has 1 unspecified atom stereocenters. The molecule has 0 N–H and O–H groups in total. The molecule has 58 valence electrons. The van der Waals surface area contributed by atoms with E-state index in [0.29, 0.717) is 12.5 Å². The Hall–Kier alpha value is -1.05. The van der Waals surface area contributed by atoms with Crippen LogP contribution in [-0.2, 0) is 0 Å². The molecule has 0 amide bonds. The number of anilines is 1. The average molecular weight is 151 g/mol. The van der Waals surface area contributed by atoms with Crippen molar-refractivity contribution in [3.8, 4) is 0 Å². The molecule has 1 aromatic carbocycles. The zero-order valence-corrected chi connectivity index (χ0v) is 6.42. The number of benzene rings is 1. The normalized spacial score (nSPS) is 22.0. The van der Waals surface area contributed by atoms with Crippen LogP contribution in [0.4, 0.5) is 10.2 Å². The van der Waals surface area contributed by atoms with Crippen molar-refractivity contribution in [1.29, 1.82) is 0 Å². The van der Waals surface area contributed by atoms with Crippen LogP contribution in [0.15, 0.2) is 24.3 Å². The van der Waals surface area contributed by atoms with Gasteiger partial charge in [-0.2, -0.15) is 0 Å². The molecular formula is C9H10FN. The largest absolute Gasteiger partial charge is 0.211 e. The van der Waals surface area contributed by atoms with Gasteiger partial charge in [0.15, 0.2) is 0 Å². The average Bonchev–Trinajstić information content (AvgIpc) is 2.30. The fourth-order valence-corrected chi connectivity index (χ4v) is 1.56. The van der Waals surface area contributed by atoms with Crippen LogP contribution < -0.4 is 5.12 Å². The van der Waals surface area contributed by atoms with Crippen LogP contribution >= 0.6 is 0 Å². The van der Waals surface area contributed by atoms with Gasteiger partial charge in [0.2, 0.25) is 0 Å². The van der Waals surface area contributed by atoms with E-state index in [1.54, 1.807) is 0 Å². The predicted octanol–water partition coefficient (Wildman–Crippen LogP) is 2.49. The Morgan fingerprint density at radius 1 is 1.45 bits per heavy atom. The van der Waals surface area contributed by atoms with E-state index in [0.717, 1.165) is 16.4 Å². The molecule has 0 fully saturated rings. The minimum atomic E-state index is 0.330. The van der Waals surface area contributed by atoms with Gasteiger partial charge in [0, 0.05) is 5.92 Å². The highest BCUT2D eigenvalue weighted by Crippen LogP contribution is 2.35. The predicted molar refractivity (Wildman–Crippen MR) is 43.3 cm³/mol. The summed E-state index contributed by atoms with van der Waals surface area (Å²) in [6, 6.07) is 7.62. The van der Waals surface area contributed by atoms with Crippen molar-refractivity contribution >= 4 is 5.69 Å². The van der Waals surface area contributed by atoms with Crippen molar-refractivity contribution in [1.82, 2.24) is 0 Å². The van der Waals surface area contributed by atoms with Crippen LogP contribution in [0.2, 0.25) is 0 Å². The minimum absolute atomic E-state index is 0.330. The van der Waals surface area contributed by atoms with E-state index in [4.69, 9.17) is 0 Å². The van der Waals surface area contributed by atoms with Crippen molar-refractivity contribution in [2.45, 2.75) is 12.8 Å². The topological polar surface area (TPSA) is 3.24 Å². The molecular weight excluding hydrogens is 141 g/mol. The Bertz CT molecular complexity index is 245. The van der Waals surface area contributed by atoms with Gasteiger partial charge in [-0.3, -0.25) is 0 Å². The number of rotatable bonds is 0. The monoisotopic (exact) mass is 151 g/mol. The lowest BCUT2D eigenvalue weighted by atomic mass is 10.0. The third kappa shape index (κ3) is 0.897. The second kappa shape index (κ2) is 2.22. The number of fused-ring (bicyclic) bond motifs is 1. The standard InChI is InChI=1S/C9H10FN/c1-7-6-11(10)9-5-3-2-4-8(7)9/h2-5,7H,6H2,1H3. The maximum Gasteiger partial charge on any atom is 0.0723 e. The van der Waals surface area contributed by atoms with Gasteiger partial charge in [-0.1, -0.05) is 29.6 Å². The van der Waals surface area contributed by atoms with Crippen LogP contribution in [0.5, 0.6) is 0 Å². The summed E-state index contributed by atoms with van der Waals surface area (Å²) in [5, 5.41) is 0.819. The molecule has 0 aromatic heterocycles. The van der Waals surface area contributed by atoms with E-state index in [2.05, 4.69) is 0 Å². The lowest BCUT2D eigenvalue weighted by Gasteiger charge is -2.03. The highest BCUT2D eigenvalue weighted by molar-refractivity contribution is 5.57. The molecule has 0 radical (unpaired) electrons. The first kappa shape index (κ1) is 6.65. The Morgan fingerprint density at radius 2 is 2.18 bits per heavy atom. The van der Waals surface area contributed by atoms with E-state index < -0.39 is 0 Å². The molecule has 11 heavy (non-hydrogen) atoms. The third-order valence-electron chi connectivity index (χ3n) is 2.16. The first-order valence-electron chi connectivity index (χ1n) is 3.81. The van der Waals surface area contributed by atoms with Crippen LogP contribution in [0.3, 0.4) is 0 Å². The van der Waals surface area contributed by atoms with Gasteiger partial charge in [-0.15, -0.1) is 0 Å². The Morgan fingerprint density at radius 3 is 2.91 bits per heavy atom. The fourth-order valence-electron chi connectivity index (χ4n) is 1.56. The number of halogens is 1. The summed E-state index contributed by atoms with van der Waals surface area (Å²) in [5.41, 5.74) is 1.86. The number of para-hydroxylation sites is 1. The maximum absolute atomic E-state index is 13.0. The molecule has 1 aliphatic rings. The number of nitrogens with zero attached hydrogens (tertiary/aromatic N) is 1. The minimum Gasteiger partial charge on any atom is -0.211 e. The zero-order chi connectivity index (χ0) is 7.84. The molecule has 0 bridgehead atoms. The Balaban J connectivity index is 2.52. The van der Waals surface area contributed by atoms with Crippen molar-refractivity contribution in [3.05, 3.63) is 29.8 Å². The highest BCUT2D eigenvalue weighted by atomic mass is 19.2. The van der Waals surface area contributed by atoms with E-state index >= 15 is 0 Å². The van der Waals surface area contributed by atoms with Crippen molar-refractivity contribution < 1.29 is 4.48 Å². The molecule has 0 aliphatic carbocycles. The highest BCUT2D eigenvalue weighted by Gasteiger charge is 2.24. The third-order valence-corrected chi connectivity index (χ3v) is 2.16. The maximum atomic E-state index is 13.0. The quantitative estimate of drug-likeness (QED) is 0.515. The summed E-state index contributed by atoms with van der Waals surface area (Å²) >= 11 is 0. The molecule has 1 heterocycles. The first-order chi connectivity index (χ1) is 5.29. The van der Waals surface area contributed by atoms with Gasteiger partial charge < -0.3 is 0 Å². The molecule has 2 rings (SSSR count). The van der Waals surface area contributed by atoms with Gasteiger partial charge >= 0.3 is 0 Å². The molecule has 0 saturated heterocycles. The van der Waals surface area contributed by atoms with Crippen LogP contribution in [0.25, 0.3) is 0 Å². The molecule has 1 atom stereocenters. The van der Waals surface area contributed by atoms with Gasteiger partial charge in [0.25, 0.3) is 0 Å². The fraction of sp³-hybridized carbons (Fsp3) is 0.333. The zero-order valence-electron chi connectivity index (χ0n) is 6.42. The molecule has 1 aliphatic heterocycles. The molecule has 2 heteroatoms. The molecule has 1 aromatic rings. The lowest BCUT2D eigenvalue weighted by Crippen LogP contribution is -2.08. The summed E-state index contributed by atoms with van der Waals surface area (Å²) in [4.78, 5) is 0. The number of hydrogen-bond acceptors (Lipinski definition) is 1. The van der Waals surface area contributed by atoms with Crippen LogP contribution in [0, 0.1) is 0 Å². The summed E-state index contributed by atoms with van der Waals surface area (Å²) in [5.74, 6) is 0.330. The van der Waals surface area contributed by atoms with E-state index in [9.17, 15) is 4.48 Å². The second-order valence-corrected chi connectivity index (χ2v) is 3.00. The summed E-state index contributed by atoms with van der Waals surface area (Å²) in [6.45, 7) is 2.54. The Labute approximate surface area is 65.4 Å². The van der Waals surface area contributed by atoms with Gasteiger partial charge in [0.1, 0.15) is 0 Å². The van der Waals surface area contributed by atoms with Crippen molar-refractivity contribution in [2.24, 2.45) is 0 Å². The lowest BCUT2D eigenvalue weighted by molar-refractivity contribution is 0.439. The molecule has 0 saturated carbocycles. The van der Waals surface area contributed by atoms with E-state index in [1.165, 1.54) is 0 Å².